The molecule has 0 aromatic heterocycles. The number of anilines is 2. The van der Waals surface area contributed by atoms with Crippen LogP contribution in [0, 0.1) is 17.8 Å². The second kappa shape index (κ2) is 29.2. The van der Waals surface area contributed by atoms with E-state index in [0.29, 0.717) is 62.1 Å². The fourth-order valence-corrected chi connectivity index (χ4v) is 6.58. The maximum atomic E-state index is 13.2. The van der Waals surface area contributed by atoms with Crippen LogP contribution in [0.4, 0.5) is 11.4 Å². The Morgan fingerprint density at radius 2 is 1.03 bits per heavy atom. The average molecular weight is 900 g/mol. The van der Waals surface area contributed by atoms with E-state index < -0.39 is 67.6 Å². The number of hydrogen-bond acceptors (Lipinski definition) is 11. The standard InChI is InChI=1S/C26H43N3O6Si.C19H30N4O4/c1-18(2)21(16-24(32)35-14-15-36(3,4)5)25(33)29-22(8-6-7-9-23(27)31)26(34)28-20-12-10-19(17-30)11-13-20;1-12(2)17(21)19(27)23-15(5-3-4-6-16(20)25)18(26)22-14-9-7-13(11-24)8-10-14/h10-13,18,21-22,30H,6-9,14-17H2,1-5H3,(H2,27,31)(H,28,34)(H,29,33);7-10,12,15,17,24H,3-6,11,21H2,1-2H3,(H2,20,25)(H,22,26)(H,23,27)/t21-,22-;15-,17-/m00/s1. The van der Waals surface area contributed by atoms with Crippen LogP contribution in [0.5, 0.6) is 0 Å². The van der Waals surface area contributed by atoms with Crippen molar-refractivity contribution in [2.45, 2.75) is 143 Å². The van der Waals surface area contributed by atoms with Crippen molar-refractivity contribution in [1.29, 1.82) is 0 Å². The van der Waals surface area contributed by atoms with Crippen molar-refractivity contribution in [1.82, 2.24) is 10.6 Å². The molecule has 2 aromatic rings. The first kappa shape index (κ1) is 55.8. The molecule has 0 saturated heterocycles. The Balaban J connectivity index is 0.000000656. The second-order valence-corrected chi connectivity index (χ2v) is 23.2. The first-order valence-corrected chi connectivity index (χ1v) is 25.4. The summed E-state index contributed by atoms with van der Waals surface area (Å²) in [5, 5.41) is 29.3. The highest BCUT2D eigenvalue weighted by Crippen LogP contribution is 2.19. The van der Waals surface area contributed by atoms with E-state index in [1.54, 1.807) is 48.5 Å². The Morgan fingerprint density at radius 3 is 1.38 bits per heavy atom. The summed E-state index contributed by atoms with van der Waals surface area (Å²) in [6.45, 7) is 14.1. The largest absolute Gasteiger partial charge is 0.466 e. The van der Waals surface area contributed by atoms with Crippen LogP contribution >= 0.6 is 0 Å². The third-order valence-corrected chi connectivity index (χ3v) is 11.8. The molecule has 0 aliphatic heterocycles. The van der Waals surface area contributed by atoms with Gasteiger partial charge >= 0.3 is 5.97 Å². The Hall–Kier alpha value is -5.17. The van der Waals surface area contributed by atoms with Crippen LogP contribution in [0.2, 0.25) is 25.7 Å². The zero-order valence-corrected chi connectivity index (χ0v) is 39.2. The van der Waals surface area contributed by atoms with E-state index in [1.807, 2.05) is 27.7 Å². The number of aliphatic hydroxyl groups excluding tert-OH is 2. The lowest BCUT2D eigenvalue weighted by Crippen LogP contribution is -2.51. The number of rotatable bonds is 27. The molecule has 4 atom stereocenters. The lowest BCUT2D eigenvalue weighted by atomic mass is 9.91. The van der Waals surface area contributed by atoms with Crippen molar-refractivity contribution in [3.05, 3.63) is 59.7 Å². The van der Waals surface area contributed by atoms with E-state index >= 15 is 0 Å². The van der Waals surface area contributed by atoms with E-state index in [-0.39, 0.29) is 50.2 Å². The zero-order chi connectivity index (χ0) is 47.7. The third-order valence-electron chi connectivity index (χ3n) is 10.1. The Kier molecular flexibility index (Phi) is 25.9. The van der Waals surface area contributed by atoms with E-state index in [2.05, 4.69) is 40.9 Å². The van der Waals surface area contributed by atoms with Crippen LogP contribution < -0.4 is 38.5 Å². The maximum absolute atomic E-state index is 13.2. The SMILES string of the molecule is CC(C)[C@H](CC(=O)OCC[Si](C)(C)C)C(=O)N[C@@H](CCCCC(N)=O)C(=O)Nc1ccc(CO)cc1.CC(C)[C@H](N)C(=O)N[C@@H](CCCCC(N)=O)C(=O)Nc1ccc(CO)cc1. The van der Waals surface area contributed by atoms with Crippen molar-refractivity contribution >= 4 is 60.9 Å². The minimum absolute atomic E-state index is 0.0606. The normalized spacial score (nSPS) is 13.1. The van der Waals surface area contributed by atoms with Crippen LogP contribution in [-0.4, -0.2) is 84.4 Å². The summed E-state index contributed by atoms with van der Waals surface area (Å²) in [6, 6.07) is 12.0. The molecule has 0 bridgehead atoms. The molecule has 0 aliphatic rings. The van der Waals surface area contributed by atoms with Gasteiger partial charge in [0, 0.05) is 32.3 Å². The quantitative estimate of drug-likeness (QED) is 0.0353. The minimum atomic E-state index is -1.35. The Labute approximate surface area is 373 Å². The Morgan fingerprint density at radius 1 is 0.619 bits per heavy atom. The van der Waals surface area contributed by atoms with Crippen LogP contribution in [-0.2, 0) is 51.5 Å². The van der Waals surface area contributed by atoms with E-state index in [0.717, 1.165) is 11.6 Å². The molecule has 0 spiro atoms. The van der Waals surface area contributed by atoms with Gasteiger partial charge in [-0.05, 0) is 79.0 Å². The number of nitrogens with one attached hydrogen (secondary N) is 4. The summed E-state index contributed by atoms with van der Waals surface area (Å²) in [5.41, 5.74) is 18.7. The molecule has 18 heteroatoms. The fraction of sp³-hybridized carbons (Fsp3) is 0.578. The van der Waals surface area contributed by atoms with Crippen LogP contribution in [0.1, 0.15) is 96.6 Å². The molecule has 0 heterocycles. The topological polar surface area (TPSA) is 295 Å². The molecule has 63 heavy (non-hydrogen) atoms. The molecule has 6 amide bonds. The van der Waals surface area contributed by atoms with E-state index in [9.17, 15) is 38.7 Å². The average Bonchev–Trinajstić information content (AvgIpc) is 3.21. The first-order chi connectivity index (χ1) is 29.6. The number of hydrogen-bond donors (Lipinski definition) is 9. The van der Waals surface area contributed by atoms with Gasteiger partial charge in [0.25, 0.3) is 0 Å². The molecule has 2 rings (SSSR count). The molecular weight excluding hydrogens is 827 g/mol. The predicted octanol–water partition coefficient (Wildman–Crippen LogP) is 3.82. The molecule has 2 aromatic carbocycles. The molecule has 0 aliphatic carbocycles. The molecule has 0 unspecified atom stereocenters. The monoisotopic (exact) mass is 900 g/mol. The number of esters is 1. The van der Waals surface area contributed by atoms with Crippen LogP contribution in [0.15, 0.2) is 48.5 Å². The smallest absolute Gasteiger partial charge is 0.306 e. The number of nitrogens with two attached hydrogens (primary N) is 3. The van der Waals surface area contributed by atoms with Crippen molar-refractivity contribution in [2.75, 3.05) is 17.2 Å². The number of amides is 6. The molecule has 0 fully saturated rings. The number of ether oxygens (including phenoxy) is 1. The number of aliphatic hydroxyl groups is 2. The number of primary amides is 2. The highest BCUT2D eigenvalue weighted by molar-refractivity contribution is 6.76. The van der Waals surface area contributed by atoms with Gasteiger partial charge in [-0.2, -0.15) is 0 Å². The third kappa shape index (κ3) is 24.3. The molecule has 0 saturated carbocycles. The second-order valence-electron chi connectivity index (χ2n) is 17.6. The van der Waals surface area contributed by atoms with Crippen molar-refractivity contribution < 1.29 is 48.5 Å². The number of carbonyl (C=O) groups is 7. The Bertz CT molecular complexity index is 1750. The van der Waals surface area contributed by atoms with Gasteiger partial charge < -0.3 is 53.4 Å². The number of benzene rings is 2. The van der Waals surface area contributed by atoms with Gasteiger partial charge in [-0.15, -0.1) is 0 Å². The summed E-state index contributed by atoms with van der Waals surface area (Å²) in [4.78, 5) is 85.4. The van der Waals surface area contributed by atoms with Crippen molar-refractivity contribution in [3.63, 3.8) is 0 Å². The molecular formula is C45H73N7O10Si. The van der Waals surface area contributed by atoms with Gasteiger partial charge in [-0.25, -0.2) is 0 Å². The van der Waals surface area contributed by atoms with Gasteiger partial charge in [-0.1, -0.05) is 84.4 Å². The van der Waals surface area contributed by atoms with Gasteiger partial charge in [0.2, 0.25) is 35.4 Å². The zero-order valence-electron chi connectivity index (χ0n) is 38.2. The molecule has 352 valence electrons. The van der Waals surface area contributed by atoms with Crippen LogP contribution in [0.3, 0.4) is 0 Å². The summed E-state index contributed by atoms with van der Waals surface area (Å²) < 4.78 is 5.38. The van der Waals surface area contributed by atoms with Crippen molar-refractivity contribution in [2.24, 2.45) is 35.0 Å². The highest BCUT2D eigenvalue weighted by Gasteiger charge is 2.30. The first-order valence-electron chi connectivity index (χ1n) is 21.7. The summed E-state index contributed by atoms with van der Waals surface area (Å²) in [6.07, 6.45) is 3.15. The van der Waals surface area contributed by atoms with E-state index in [4.69, 9.17) is 27.0 Å². The maximum Gasteiger partial charge on any atom is 0.306 e. The molecule has 12 N–H and O–H groups in total. The predicted molar refractivity (Wildman–Crippen MR) is 246 cm³/mol. The van der Waals surface area contributed by atoms with Crippen LogP contribution in [0.25, 0.3) is 0 Å². The fourth-order valence-electron chi connectivity index (χ4n) is 5.87. The number of unbranched alkanes of at least 4 members (excludes halogenated alkanes) is 2. The van der Waals surface area contributed by atoms with Crippen molar-refractivity contribution in [3.8, 4) is 0 Å². The number of carbonyl (C=O) groups excluding carboxylic acids is 7. The lowest BCUT2D eigenvalue weighted by Gasteiger charge is -2.24. The summed E-state index contributed by atoms with van der Waals surface area (Å²) in [5.74, 6) is -3.64. The highest BCUT2D eigenvalue weighted by atomic mass is 28.3. The van der Waals surface area contributed by atoms with Gasteiger partial charge in [-0.3, -0.25) is 33.6 Å². The molecule has 0 radical (unpaired) electrons. The summed E-state index contributed by atoms with van der Waals surface area (Å²) >= 11 is 0. The van der Waals surface area contributed by atoms with Gasteiger partial charge in [0.15, 0.2) is 0 Å². The minimum Gasteiger partial charge on any atom is -0.466 e. The van der Waals surface area contributed by atoms with Gasteiger partial charge in [0.1, 0.15) is 12.1 Å². The summed E-state index contributed by atoms with van der Waals surface area (Å²) in [7, 11) is -1.35. The lowest BCUT2D eigenvalue weighted by molar-refractivity contribution is -0.147. The van der Waals surface area contributed by atoms with E-state index in [1.165, 1.54) is 0 Å². The van der Waals surface area contributed by atoms with Gasteiger partial charge in [0.05, 0.1) is 38.2 Å². The molecule has 17 nitrogen and oxygen atoms in total.